The van der Waals surface area contributed by atoms with Gasteiger partial charge in [0, 0.05) is 29.1 Å². The highest BCUT2D eigenvalue weighted by molar-refractivity contribution is 8.02. The Balaban J connectivity index is 2.52. The van der Waals surface area contributed by atoms with Gasteiger partial charge in [-0.3, -0.25) is 0 Å². The first-order valence-electron chi connectivity index (χ1n) is 6.38. The molecule has 0 amide bonds. The van der Waals surface area contributed by atoms with Crippen molar-refractivity contribution in [1.29, 1.82) is 5.26 Å². The fourth-order valence-corrected chi connectivity index (χ4v) is 2.36. The molecule has 0 aliphatic carbocycles. The highest BCUT2D eigenvalue weighted by atomic mass is 32.2. The SMILES string of the molecule is C#CN/C=C(/CCNCC)SCc1ccc(C#N)nc1. The Morgan fingerprint density at radius 3 is 3.00 bits per heavy atom. The number of thioether (sulfide) groups is 1. The minimum atomic E-state index is 0.440. The quantitative estimate of drug-likeness (QED) is 0.436. The van der Waals surface area contributed by atoms with E-state index in [0.29, 0.717) is 5.69 Å². The van der Waals surface area contributed by atoms with E-state index >= 15 is 0 Å². The molecule has 0 radical (unpaired) electrons. The molecule has 4 nitrogen and oxygen atoms in total. The third kappa shape index (κ3) is 6.29. The molecule has 0 bridgehead atoms. The number of hydrogen-bond acceptors (Lipinski definition) is 5. The van der Waals surface area contributed by atoms with Crippen molar-refractivity contribution in [1.82, 2.24) is 15.6 Å². The van der Waals surface area contributed by atoms with Crippen molar-refractivity contribution in [2.75, 3.05) is 13.1 Å². The minimum absolute atomic E-state index is 0.440. The van der Waals surface area contributed by atoms with Gasteiger partial charge in [0.15, 0.2) is 0 Å². The van der Waals surface area contributed by atoms with Crippen LogP contribution in [0, 0.1) is 23.8 Å². The molecule has 1 heterocycles. The Morgan fingerprint density at radius 1 is 1.55 bits per heavy atom. The van der Waals surface area contributed by atoms with E-state index in [4.69, 9.17) is 11.7 Å². The minimum Gasteiger partial charge on any atom is -0.321 e. The van der Waals surface area contributed by atoms with Crippen molar-refractivity contribution in [3.8, 4) is 18.5 Å². The van der Waals surface area contributed by atoms with Crippen molar-refractivity contribution in [2.24, 2.45) is 0 Å². The maximum Gasteiger partial charge on any atom is 0.140 e. The second-order valence-electron chi connectivity index (χ2n) is 3.96. The predicted octanol–water partition coefficient (Wildman–Crippen LogP) is 2.21. The Labute approximate surface area is 124 Å². The summed E-state index contributed by atoms with van der Waals surface area (Å²) >= 11 is 1.72. The van der Waals surface area contributed by atoms with E-state index in [9.17, 15) is 0 Å². The number of rotatable bonds is 8. The molecule has 1 aromatic rings. The van der Waals surface area contributed by atoms with Crippen LogP contribution in [0.3, 0.4) is 0 Å². The zero-order chi connectivity index (χ0) is 14.6. The molecule has 0 aromatic carbocycles. The van der Waals surface area contributed by atoms with Gasteiger partial charge < -0.3 is 10.6 Å². The number of hydrogen-bond donors (Lipinski definition) is 2. The summed E-state index contributed by atoms with van der Waals surface area (Å²) in [4.78, 5) is 5.25. The van der Waals surface area contributed by atoms with Crippen LogP contribution >= 0.6 is 11.8 Å². The first kappa shape index (κ1) is 16.1. The van der Waals surface area contributed by atoms with Crippen LogP contribution in [0.5, 0.6) is 0 Å². The van der Waals surface area contributed by atoms with E-state index in [-0.39, 0.29) is 0 Å². The summed E-state index contributed by atoms with van der Waals surface area (Å²) in [5, 5.41) is 14.8. The molecule has 0 aliphatic rings. The Hall–Kier alpha value is -1.95. The maximum absolute atomic E-state index is 8.70. The number of pyridine rings is 1. The van der Waals surface area contributed by atoms with E-state index in [1.165, 1.54) is 4.91 Å². The molecular formula is C15H18N4S. The third-order valence-corrected chi connectivity index (χ3v) is 3.65. The van der Waals surface area contributed by atoms with Crippen LogP contribution in [0.2, 0.25) is 0 Å². The normalized spacial score (nSPS) is 10.7. The molecule has 2 N–H and O–H groups in total. The molecule has 0 spiro atoms. The number of nitrogens with one attached hydrogen (secondary N) is 2. The van der Waals surface area contributed by atoms with Gasteiger partial charge in [0.2, 0.25) is 0 Å². The van der Waals surface area contributed by atoms with Crippen LogP contribution < -0.4 is 10.6 Å². The average Bonchev–Trinajstić information content (AvgIpc) is 2.50. The molecule has 5 heteroatoms. The molecule has 1 aromatic heterocycles. The maximum atomic E-state index is 8.70. The summed E-state index contributed by atoms with van der Waals surface area (Å²) in [6.45, 7) is 3.96. The first-order chi connectivity index (χ1) is 9.80. The van der Waals surface area contributed by atoms with Gasteiger partial charge in [-0.05, 0) is 31.1 Å². The second kappa shape index (κ2) is 9.91. The Morgan fingerprint density at radius 2 is 2.40 bits per heavy atom. The van der Waals surface area contributed by atoms with Gasteiger partial charge in [-0.2, -0.15) is 5.26 Å². The first-order valence-corrected chi connectivity index (χ1v) is 7.37. The van der Waals surface area contributed by atoms with Crippen LogP contribution in [-0.2, 0) is 5.75 Å². The molecule has 0 fully saturated rings. The van der Waals surface area contributed by atoms with Crippen LogP contribution in [-0.4, -0.2) is 18.1 Å². The lowest BCUT2D eigenvalue weighted by molar-refractivity contribution is 0.722. The summed E-state index contributed by atoms with van der Waals surface area (Å²) in [5.74, 6) is 0.808. The van der Waals surface area contributed by atoms with Gasteiger partial charge in [-0.1, -0.05) is 19.4 Å². The van der Waals surface area contributed by atoms with E-state index in [0.717, 1.165) is 30.8 Å². The fourth-order valence-electron chi connectivity index (χ4n) is 1.45. The monoisotopic (exact) mass is 286 g/mol. The van der Waals surface area contributed by atoms with Crippen molar-refractivity contribution in [2.45, 2.75) is 19.1 Å². The van der Waals surface area contributed by atoms with Gasteiger partial charge in [-0.15, -0.1) is 11.8 Å². The Bertz CT molecular complexity index is 508. The summed E-state index contributed by atoms with van der Waals surface area (Å²) in [5.41, 5.74) is 1.53. The molecule has 0 saturated heterocycles. The van der Waals surface area contributed by atoms with Gasteiger partial charge in [0.05, 0.1) is 0 Å². The molecule has 1 rings (SSSR count). The van der Waals surface area contributed by atoms with Crippen LogP contribution in [0.15, 0.2) is 29.4 Å². The summed E-state index contributed by atoms with van der Waals surface area (Å²) in [6.07, 6.45) is 9.73. The Kier molecular flexibility index (Phi) is 7.98. The highest BCUT2D eigenvalue weighted by Gasteiger charge is 2.01. The van der Waals surface area contributed by atoms with E-state index in [1.807, 2.05) is 18.3 Å². The molecular weight excluding hydrogens is 268 g/mol. The zero-order valence-electron chi connectivity index (χ0n) is 11.5. The molecule has 0 saturated carbocycles. The van der Waals surface area contributed by atoms with Gasteiger partial charge in [-0.25, -0.2) is 4.98 Å². The highest BCUT2D eigenvalue weighted by Crippen LogP contribution is 2.23. The number of nitriles is 1. The summed E-state index contributed by atoms with van der Waals surface area (Å²) < 4.78 is 0. The van der Waals surface area contributed by atoms with Crippen molar-refractivity contribution in [3.05, 3.63) is 40.7 Å². The molecule has 0 aliphatic heterocycles. The molecule has 0 atom stereocenters. The smallest absolute Gasteiger partial charge is 0.140 e. The second-order valence-corrected chi connectivity index (χ2v) is 5.06. The largest absolute Gasteiger partial charge is 0.321 e. The van der Waals surface area contributed by atoms with Crippen molar-refractivity contribution in [3.63, 3.8) is 0 Å². The van der Waals surface area contributed by atoms with E-state index in [2.05, 4.69) is 28.6 Å². The van der Waals surface area contributed by atoms with Gasteiger partial charge in [0.1, 0.15) is 11.8 Å². The van der Waals surface area contributed by atoms with Gasteiger partial charge >= 0.3 is 0 Å². The lowest BCUT2D eigenvalue weighted by Crippen LogP contribution is -2.14. The van der Waals surface area contributed by atoms with E-state index < -0.39 is 0 Å². The summed E-state index contributed by atoms with van der Waals surface area (Å²) in [7, 11) is 0. The van der Waals surface area contributed by atoms with Crippen LogP contribution in [0.1, 0.15) is 24.6 Å². The van der Waals surface area contributed by atoms with Crippen LogP contribution in [0.25, 0.3) is 0 Å². The zero-order valence-corrected chi connectivity index (χ0v) is 12.3. The van der Waals surface area contributed by atoms with Crippen LogP contribution in [0.4, 0.5) is 0 Å². The topological polar surface area (TPSA) is 60.7 Å². The standard InChI is InChI=1S/C15H18N4S/c1-3-17-8-7-15(11-18-4-2)20-12-13-5-6-14(9-16)19-10-13/h2,5-6,10-11,17-18H,3,7-8,12H2,1H3/b15-11-. The van der Waals surface area contributed by atoms with E-state index in [1.54, 1.807) is 24.0 Å². The predicted molar refractivity (Wildman–Crippen MR) is 83.5 cm³/mol. The lowest BCUT2D eigenvalue weighted by atomic mass is 10.3. The molecule has 0 unspecified atom stereocenters. The number of aromatic nitrogens is 1. The van der Waals surface area contributed by atoms with Crippen molar-refractivity contribution < 1.29 is 0 Å². The number of terminal acetylenes is 1. The lowest BCUT2D eigenvalue weighted by Gasteiger charge is -2.07. The molecule has 104 valence electrons. The fraction of sp³-hybridized carbons (Fsp3) is 0.333. The number of nitrogens with zero attached hydrogens (tertiary/aromatic N) is 2. The van der Waals surface area contributed by atoms with Crippen molar-refractivity contribution >= 4 is 11.8 Å². The van der Waals surface area contributed by atoms with Gasteiger partial charge in [0.25, 0.3) is 0 Å². The average molecular weight is 286 g/mol. The third-order valence-electron chi connectivity index (χ3n) is 2.48. The molecule has 20 heavy (non-hydrogen) atoms. The summed E-state index contributed by atoms with van der Waals surface area (Å²) in [6, 6.07) is 8.06.